The lowest BCUT2D eigenvalue weighted by Crippen LogP contribution is -2.07. The number of hydrogen-bond acceptors (Lipinski definition) is 4. The van der Waals surface area contributed by atoms with Crippen LogP contribution in [0, 0.1) is 4.77 Å². The lowest BCUT2D eigenvalue weighted by atomic mass is 10.3. The zero-order chi connectivity index (χ0) is 13.2. The third kappa shape index (κ3) is 2.19. The van der Waals surface area contributed by atoms with Gasteiger partial charge < -0.3 is 4.57 Å². The Hall–Kier alpha value is -2.28. The first kappa shape index (κ1) is 11.8. The minimum atomic E-state index is 0.571. The maximum absolute atomic E-state index is 5.28. The van der Waals surface area contributed by atoms with Gasteiger partial charge in [0.15, 0.2) is 10.6 Å². The van der Waals surface area contributed by atoms with E-state index in [1.807, 2.05) is 34.5 Å². The van der Waals surface area contributed by atoms with Crippen LogP contribution in [0.2, 0.25) is 0 Å². The second-order valence-electron chi connectivity index (χ2n) is 4.13. The van der Waals surface area contributed by atoms with Crippen molar-refractivity contribution in [2.45, 2.75) is 6.54 Å². The number of imidazole rings is 1. The average molecular weight is 272 g/mol. The van der Waals surface area contributed by atoms with E-state index in [1.54, 1.807) is 18.6 Å². The summed E-state index contributed by atoms with van der Waals surface area (Å²) >= 11 is 5.28. The van der Waals surface area contributed by atoms with Crippen molar-refractivity contribution in [2.75, 3.05) is 0 Å². The van der Waals surface area contributed by atoms with E-state index in [4.69, 9.17) is 12.2 Å². The predicted octanol–water partition coefficient (Wildman–Crippen LogP) is 1.78. The average Bonchev–Trinajstić information content (AvgIpc) is 2.99. The number of aromatic amines is 1. The van der Waals surface area contributed by atoms with Gasteiger partial charge in [0.05, 0.1) is 6.54 Å². The molecule has 0 saturated carbocycles. The van der Waals surface area contributed by atoms with E-state index < -0.39 is 0 Å². The van der Waals surface area contributed by atoms with Crippen molar-refractivity contribution >= 4 is 12.2 Å². The second-order valence-corrected chi connectivity index (χ2v) is 4.52. The maximum Gasteiger partial charge on any atom is 0.195 e. The van der Waals surface area contributed by atoms with Crippen LogP contribution in [0.25, 0.3) is 11.4 Å². The van der Waals surface area contributed by atoms with Crippen molar-refractivity contribution in [3.05, 3.63) is 47.5 Å². The molecule has 19 heavy (non-hydrogen) atoms. The highest BCUT2D eigenvalue weighted by molar-refractivity contribution is 7.71. The highest BCUT2D eigenvalue weighted by Crippen LogP contribution is 2.16. The van der Waals surface area contributed by atoms with E-state index in [0.29, 0.717) is 11.3 Å². The third-order valence-corrected chi connectivity index (χ3v) is 3.21. The molecule has 0 saturated heterocycles. The molecule has 3 aromatic heterocycles. The van der Waals surface area contributed by atoms with Crippen molar-refractivity contribution in [1.82, 2.24) is 29.3 Å². The smallest absolute Gasteiger partial charge is 0.195 e. The van der Waals surface area contributed by atoms with Gasteiger partial charge in [-0.1, -0.05) is 0 Å². The molecule has 3 aromatic rings. The van der Waals surface area contributed by atoms with Gasteiger partial charge in [-0.15, -0.1) is 0 Å². The minimum Gasteiger partial charge on any atom is -0.337 e. The molecule has 0 aliphatic carbocycles. The number of H-pyrrole nitrogens is 1. The van der Waals surface area contributed by atoms with E-state index in [1.165, 1.54) is 0 Å². The summed E-state index contributed by atoms with van der Waals surface area (Å²) in [5.41, 5.74) is 0.920. The first-order valence-corrected chi connectivity index (χ1v) is 6.18. The molecule has 0 amide bonds. The standard InChI is InChI=1S/C12H12N6S/c1-17-6-5-14-10(17)8-18-11(15-16-12(18)19)9-3-2-4-13-7-9/h2-7H,8H2,1H3,(H,16,19). The molecule has 0 bridgehead atoms. The van der Waals surface area contributed by atoms with Crippen molar-refractivity contribution in [3.8, 4) is 11.4 Å². The summed E-state index contributed by atoms with van der Waals surface area (Å²) in [6.07, 6.45) is 7.17. The van der Waals surface area contributed by atoms with E-state index in [0.717, 1.165) is 17.2 Å². The van der Waals surface area contributed by atoms with Gasteiger partial charge in [-0.05, 0) is 24.4 Å². The van der Waals surface area contributed by atoms with Crippen molar-refractivity contribution in [2.24, 2.45) is 7.05 Å². The van der Waals surface area contributed by atoms with Crippen LogP contribution in [0.3, 0.4) is 0 Å². The highest BCUT2D eigenvalue weighted by atomic mass is 32.1. The van der Waals surface area contributed by atoms with Gasteiger partial charge >= 0.3 is 0 Å². The zero-order valence-electron chi connectivity index (χ0n) is 10.3. The molecular weight excluding hydrogens is 260 g/mol. The third-order valence-electron chi connectivity index (χ3n) is 2.90. The van der Waals surface area contributed by atoms with Gasteiger partial charge in [0.25, 0.3) is 0 Å². The summed E-state index contributed by atoms with van der Waals surface area (Å²) in [5.74, 6) is 1.68. The summed E-state index contributed by atoms with van der Waals surface area (Å²) in [4.78, 5) is 8.41. The molecule has 0 radical (unpaired) electrons. The Kier molecular flexibility index (Phi) is 2.96. The van der Waals surface area contributed by atoms with Crippen molar-refractivity contribution in [3.63, 3.8) is 0 Å². The molecule has 0 aromatic carbocycles. The van der Waals surface area contributed by atoms with E-state index in [2.05, 4.69) is 20.2 Å². The number of nitrogens with zero attached hydrogens (tertiary/aromatic N) is 5. The number of hydrogen-bond donors (Lipinski definition) is 1. The van der Waals surface area contributed by atoms with E-state index in [9.17, 15) is 0 Å². The second kappa shape index (κ2) is 4.77. The van der Waals surface area contributed by atoms with Gasteiger partial charge in [-0.3, -0.25) is 14.6 Å². The van der Waals surface area contributed by atoms with Crippen LogP contribution in [0.4, 0.5) is 0 Å². The topological polar surface area (TPSA) is 64.3 Å². The Morgan fingerprint density at radius 1 is 1.37 bits per heavy atom. The fraction of sp³-hybridized carbons (Fsp3) is 0.167. The molecule has 0 unspecified atom stereocenters. The molecule has 0 spiro atoms. The SMILES string of the molecule is Cn1ccnc1Cn1c(-c2cccnc2)n[nH]c1=S. The van der Waals surface area contributed by atoms with Crippen LogP contribution in [0.1, 0.15) is 5.82 Å². The fourth-order valence-electron chi connectivity index (χ4n) is 1.87. The number of nitrogens with one attached hydrogen (secondary N) is 1. The van der Waals surface area contributed by atoms with E-state index in [-0.39, 0.29) is 0 Å². The number of rotatable bonds is 3. The molecule has 96 valence electrons. The van der Waals surface area contributed by atoms with Crippen LogP contribution >= 0.6 is 12.2 Å². The molecule has 0 atom stereocenters. The minimum absolute atomic E-state index is 0.571. The van der Waals surface area contributed by atoms with Crippen LogP contribution in [-0.4, -0.2) is 29.3 Å². The van der Waals surface area contributed by atoms with Crippen LogP contribution in [0.15, 0.2) is 36.9 Å². The molecule has 6 nitrogen and oxygen atoms in total. The summed E-state index contributed by atoms with van der Waals surface area (Å²) in [7, 11) is 1.95. The zero-order valence-corrected chi connectivity index (χ0v) is 11.1. The first-order chi connectivity index (χ1) is 9.25. The predicted molar refractivity (Wildman–Crippen MR) is 73.0 cm³/mol. The Balaban J connectivity index is 2.05. The molecular formula is C12H12N6S. The lowest BCUT2D eigenvalue weighted by molar-refractivity contribution is 0.696. The molecule has 7 heteroatoms. The molecule has 1 N–H and O–H groups in total. The summed E-state index contributed by atoms with van der Waals surface area (Å²) in [6.45, 7) is 0.572. The van der Waals surface area contributed by atoms with Gasteiger partial charge in [0.2, 0.25) is 0 Å². The van der Waals surface area contributed by atoms with Crippen LogP contribution in [0.5, 0.6) is 0 Å². The molecule has 3 heterocycles. The Bertz CT molecular complexity index is 739. The monoisotopic (exact) mass is 272 g/mol. The van der Waals surface area contributed by atoms with Crippen molar-refractivity contribution < 1.29 is 0 Å². The first-order valence-electron chi connectivity index (χ1n) is 5.77. The summed E-state index contributed by atoms with van der Waals surface area (Å²) in [6, 6.07) is 3.82. The Morgan fingerprint density at radius 2 is 2.26 bits per heavy atom. The molecule has 0 aliphatic rings. The summed E-state index contributed by atoms with van der Waals surface area (Å²) in [5, 5.41) is 7.08. The van der Waals surface area contributed by atoms with Gasteiger partial charge in [0.1, 0.15) is 5.82 Å². The van der Waals surface area contributed by atoms with Crippen molar-refractivity contribution in [1.29, 1.82) is 0 Å². The molecule has 3 rings (SSSR count). The Labute approximate surface area is 114 Å². The Morgan fingerprint density at radius 3 is 2.95 bits per heavy atom. The maximum atomic E-state index is 5.28. The van der Waals surface area contributed by atoms with Gasteiger partial charge in [-0.2, -0.15) is 5.10 Å². The van der Waals surface area contributed by atoms with E-state index >= 15 is 0 Å². The summed E-state index contributed by atoms with van der Waals surface area (Å²) < 4.78 is 4.44. The largest absolute Gasteiger partial charge is 0.337 e. The number of aromatic nitrogens is 6. The number of pyridine rings is 1. The molecule has 0 aliphatic heterocycles. The lowest BCUT2D eigenvalue weighted by Gasteiger charge is -2.06. The van der Waals surface area contributed by atoms with Crippen LogP contribution in [-0.2, 0) is 13.6 Å². The van der Waals surface area contributed by atoms with Gasteiger partial charge in [-0.25, -0.2) is 4.98 Å². The fourth-order valence-corrected chi connectivity index (χ4v) is 2.07. The molecule has 0 fully saturated rings. The van der Waals surface area contributed by atoms with Gasteiger partial charge in [0, 0.05) is 37.4 Å². The van der Waals surface area contributed by atoms with Crippen LogP contribution < -0.4 is 0 Å². The normalized spacial score (nSPS) is 10.8. The highest BCUT2D eigenvalue weighted by Gasteiger charge is 2.11. The number of aryl methyl sites for hydroxylation is 1. The quantitative estimate of drug-likeness (QED) is 0.738.